The molecule has 0 bridgehead atoms. The standard InChI is InChI=1S/C13H18N4O/c18-13(8-17-5-3-14-4-6-17)10-1-2-11-12(7-10)16-9-15-11/h1-2,7,9,13-14,18H,3-6,8H2,(H,15,16). The minimum Gasteiger partial charge on any atom is -0.387 e. The molecule has 5 nitrogen and oxygen atoms in total. The highest BCUT2D eigenvalue weighted by Gasteiger charge is 2.16. The van der Waals surface area contributed by atoms with Crippen molar-refractivity contribution in [1.29, 1.82) is 0 Å². The molecule has 1 fully saturated rings. The number of rotatable bonds is 3. The first kappa shape index (κ1) is 11.6. The minimum absolute atomic E-state index is 0.434. The van der Waals surface area contributed by atoms with Crippen LogP contribution in [0, 0.1) is 0 Å². The number of aromatic nitrogens is 2. The predicted molar refractivity (Wildman–Crippen MR) is 70.4 cm³/mol. The number of benzene rings is 1. The first-order valence-corrected chi connectivity index (χ1v) is 6.37. The third kappa shape index (κ3) is 2.38. The van der Waals surface area contributed by atoms with E-state index in [0.717, 1.165) is 42.8 Å². The van der Waals surface area contributed by atoms with Crippen molar-refractivity contribution in [1.82, 2.24) is 20.2 Å². The number of aliphatic hydroxyl groups excluding tert-OH is 1. The molecule has 1 unspecified atom stereocenters. The van der Waals surface area contributed by atoms with Crippen LogP contribution in [0.1, 0.15) is 11.7 Å². The molecule has 0 radical (unpaired) electrons. The third-order valence-electron chi connectivity index (χ3n) is 3.47. The Labute approximate surface area is 106 Å². The number of H-pyrrole nitrogens is 1. The van der Waals surface area contributed by atoms with E-state index in [0.29, 0.717) is 6.54 Å². The first-order valence-electron chi connectivity index (χ1n) is 6.37. The second kappa shape index (κ2) is 5.06. The van der Waals surface area contributed by atoms with Crippen LogP contribution in [0.4, 0.5) is 0 Å². The lowest BCUT2D eigenvalue weighted by Crippen LogP contribution is -2.44. The van der Waals surface area contributed by atoms with Gasteiger partial charge in [-0.15, -0.1) is 0 Å². The molecule has 2 aromatic rings. The molecule has 0 aliphatic carbocycles. The number of hydrogen-bond acceptors (Lipinski definition) is 4. The molecule has 0 saturated carbocycles. The molecule has 1 aliphatic heterocycles. The van der Waals surface area contributed by atoms with Gasteiger partial charge < -0.3 is 15.4 Å². The zero-order chi connectivity index (χ0) is 12.4. The number of nitrogens with one attached hydrogen (secondary N) is 2. The molecule has 5 heteroatoms. The Balaban J connectivity index is 1.72. The monoisotopic (exact) mass is 246 g/mol. The van der Waals surface area contributed by atoms with Gasteiger partial charge in [0, 0.05) is 32.7 Å². The van der Waals surface area contributed by atoms with Crippen LogP contribution in [-0.4, -0.2) is 52.7 Å². The van der Waals surface area contributed by atoms with Crippen molar-refractivity contribution in [2.24, 2.45) is 0 Å². The highest BCUT2D eigenvalue weighted by molar-refractivity contribution is 5.75. The summed E-state index contributed by atoms with van der Waals surface area (Å²) in [6.07, 6.45) is 1.24. The van der Waals surface area contributed by atoms with Gasteiger partial charge in [0.2, 0.25) is 0 Å². The molecule has 1 saturated heterocycles. The van der Waals surface area contributed by atoms with Crippen molar-refractivity contribution in [2.75, 3.05) is 32.7 Å². The maximum atomic E-state index is 10.3. The highest BCUT2D eigenvalue weighted by atomic mass is 16.3. The Morgan fingerprint density at radius 3 is 3.00 bits per heavy atom. The lowest BCUT2D eigenvalue weighted by Gasteiger charge is -2.29. The maximum Gasteiger partial charge on any atom is 0.0931 e. The summed E-state index contributed by atoms with van der Waals surface area (Å²) in [6, 6.07) is 5.88. The summed E-state index contributed by atoms with van der Waals surface area (Å²) in [5.74, 6) is 0. The Morgan fingerprint density at radius 1 is 1.33 bits per heavy atom. The minimum atomic E-state index is -0.434. The van der Waals surface area contributed by atoms with E-state index in [1.165, 1.54) is 0 Å². The number of β-amino-alcohol motifs (C(OH)–C–C–N with tert-alkyl or cyclic N) is 1. The van der Waals surface area contributed by atoms with Crippen LogP contribution in [0.2, 0.25) is 0 Å². The van der Waals surface area contributed by atoms with Crippen LogP contribution >= 0.6 is 0 Å². The van der Waals surface area contributed by atoms with Crippen molar-refractivity contribution in [3.8, 4) is 0 Å². The fourth-order valence-corrected chi connectivity index (χ4v) is 2.40. The van der Waals surface area contributed by atoms with Crippen LogP contribution in [0.3, 0.4) is 0 Å². The third-order valence-corrected chi connectivity index (χ3v) is 3.47. The van der Waals surface area contributed by atoms with E-state index in [-0.39, 0.29) is 0 Å². The lowest BCUT2D eigenvalue weighted by molar-refractivity contribution is 0.106. The highest BCUT2D eigenvalue weighted by Crippen LogP contribution is 2.19. The number of fused-ring (bicyclic) bond motifs is 1. The zero-order valence-corrected chi connectivity index (χ0v) is 10.3. The molecule has 1 atom stereocenters. The van der Waals surface area contributed by atoms with Gasteiger partial charge in [0.1, 0.15) is 0 Å². The van der Waals surface area contributed by atoms with E-state index in [1.807, 2.05) is 18.2 Å². The SMILES string of the molecule is OC(CN1CCNCC1)c1ccc2nc[nH]c2c1. The maximum absolute atomic E-state index is 10.3. The summed E-state index contributed by atoms with van der Waals surface area (Å²) in [5, 5.41) is 13.6. The van der Waals surface area contributed by atoms with Gasteiger partial charge in [0.15, 0.2) is 0 Å². The molecule has 1 aromatic heterocycles. The van der Waals surface area contributed by atoms with Gasteiger partial charge in [0.05, 0.1) is 23.5 Å². The van der Waals surface area contributed by atoms with E-state index in [4.69, 9.17) is 0 Å². The average molecular weight is 246 g/mol. The van der Waals surface area contributed by atoms with Gasteiger partial charge in [-0.05, 0) is 17.7 Å². The quantitative estimate of drug-likeness (QED) is 0.738. The van der Waals surface area contributed by atoms with Gasteiger partial charge >= 0.3 is 0 Å². The van der Waals surface area contributed by atoms with Crippen LogP contribution in [0.15, 0.2) is 24.5 Å². The van der Waals surface area contributed by atoms with Gasteiger partial charge in [0.25, 0.3) is 0 Å². The Kier molecular flexibility index (Phi) is 3.27. The molecule has 0 spiro atoms. The number of piperazine rings is 1. The molecule has 96 valence electrons. The van der Waals surface area contributed by atoms with Crippen LogP contribution in [0.5, 0.6) is 0 Å². The Morgan fingerprint density at radius 2 is 2.17 bits per heavy atom. The largest absolute Gasteiger partial charge is 0.387 e. The fourth-order valence-electron chi connectivity index (χ4n) is 2.40. The van der Waals surface area contributed by atoms with Gasteiger partial charge in [-0.2, -0.15) is 0 Å². The van der Waals surface area contributed by atoms with Crippen LogP contribution in [0.25, 0.3) is 11.0 Å². The van der Waals surface area contributed by atoms with E-state index < -0.39 is 6.10 Å². The first-order chi connectivity index (χ1) is 8.83. The molecule has 1 aromatic carbocycles. The van der Waals surface area contributed by atoms with E-state index in [1.54, 1.807) is 6.33 Å². The van der Waals surface area contributed by atoms with Gasteiger partial charge in [-0.25, -0.2) is 4.98 Å². The number of aromatic amines is 1. The molecular weight excluding hydrogens is 228 g/mol. The van der Waals surface area contributed by atoms with Crippen molar-refractivity contribution >= 4 is 11.0 Å². The van der Waals surface area contributed by atoms with Crippen LogP contribution < -0.4 is 5.32 Å². The van der Waals surface area contributed by atoms with Gasteiger partial charge in [-0.3, -0.25) is 4.90 Å². The normalized spacial score (nSPS) is 19.2. The summed E-state index contributed by atoms with van der Waals surface area (Å²) < 4.78 is 0. The number of hydrogen-bond donors (Lipinski definition) is 3. The molecular formula is C13H18N4O. The topological polar surface area (TPSA) is 64.2 Å². The van der Waals surface area contributed by atoms with Crippen molar-refractivity contribution < 1.29 is 5.11 Å². The van der Waals surface area contributed by atoms with E-state index in [2.05, 4.69) is 20.2 Å². The van der Waals surface area contributed by atoms with Crippen LogP contribution in [-0.2, 0) is 0 Å². The molecule has 2 heterocycles. The van der Waals surface area contributed by atoms with Crippen molar-refractivity contribution in [3.63, 3.8) is 0 Å². The number of nitrogens with zero attached hydrogens (tertiary/aromatic N) is 2. The summed E-state index contributed by atoms with van der Waals surface area (Å²) in [6.45, 7) is 4.71. The molecule has 0 amide bonds. The number of aliphatic hydroxyl groups is 1. The Hall–Kier alpha value is -1.43. The summed E-state index contributed by atoms with van der Waals surface area (Å²) in [5.41, 5.74) is 2.87. The fraction of sp³-hybridized carbons (Fsp3) is 0.462. The van der Waals surface area contributed by atoms with Crippen molar-refractivity contribution in [2.45, 2.75) is 6.10 Å². The van der Waals surface area contributed by atoms with Crippen molar-refractivity contribution in [3.05, 3.63) is 30.1 Å². The Bertz CT molecular complexity index is 518. The van der Waals surface area contributed by atoms with E-state index >= 15 is 0 Å². The second-order valence-electron chi connectivity index (χ2n) is 4.75. The predicted octanol–water partition coefficient (Wildman–Crippen LogP) is 0.501. The smallest absolute Gasteiger partial charge is 0.0931 e. The zero-order valence-electron chi connectivity index (χ0n) is 10.3. The molecule has 1 aliphatic rings. The lowest BCUT2D eigenvalue weighted by atomic mass is 10.1. The van der Waals surface area contributed by atoms with Gasteiger partial charge in [-0.1, -0.05) is 6.07 Å². The summed E-state index contributed by atoms with van der Waals surface area (Å²) in [4.78, 5) is 9.54. The number of imidazole rings is 1. The molecule has 18 heavy (non-hydrogen) atoms. The average Bonchev–Trinajstić information content (AvgIpc) is 2.87. The molecule has 3 N–H and O–H groups in total. The summed E-state index contributed by atoms with van der Waals surface area (Å²) >= 11 is 0. The summed E-state index contributed by atoms with van der Waals surface area (Å²) in [7, 11) is 0. The molecule has 3 rings (SSSR count). The van der Waals surface area contributed by atoms with E-state index in [9.17, 15) is 5.11 Å². The second-order valence-corrected chi connectivity index (χ2v) is 4.75.